The molecule has 0 radical (unpaired) electrons. The first-order chi connectivity index (χ1) is 17.6. The lowest BCUT2D eigenvalue weighted by molar-refractivity contribution is -0.141. The lowest BCUT2D eigenvalue weighted by Crippen LogP contribution is -2.43. The van der Waals surface area contributed by atoms with E-state index in [1.54, 1.807) is 0 Å². The van der Waals surface area contributed by atoms with Gasteiger partial charge < -0.3 is 10.1 Å². The van der Waals surface area contributed by atoms with Gasteiger partial charge in [-0.1, -0.05) is 0 Å². The molecule has 3 aromatic rings. The summed E-state index contributed by atoms with van der Waals surface area (Å²) >= 11 is 0. The molecule has 1 amide bonds. The standard InChI is InChI=1S/C25H22F5N3O3S/c1-36-24-20(8-9-22(32-24)25(28,29)30)16-11-15(12-18(27)13-16)14-31-23(34)21-3-2-10-33(21)37(35)19-6-4-17(26)5-7-19/h4-9,11-13,21H,2-3,10,14H2,1H3,(H,31,34). The van der Waals surface area contributed by atoms with E-state index in [-0.39, 0.29) is 23.6 Å². The van der Waals surface area contributed by atoms with E-state index in [1.165, 1.54) is 40.7 Å². The molecule has 1 aromatic heterocycles. The third kappa shape index (κ3) is 6.13. The maximum Gasteiger partial charge on any atom is 0.433 e. The van der Waals surface area contributed by atoms with E-state index < -0.39 is 46.4 Å². The Hall–Kier alpha value is -3.38. The van der Waals surface area contributed by atoms with Crippen molar-refractivity contribution < 1.29 is 35.7 Å². The molecule has 0 aliphatic carbocycles. The number of pyridine rings is 1. The summed E-state index contributed by atoms with van der Waals surface area (Å²) in [7, 11) is -0.503. The number of nitrogens with one attached hydrogen (secondary N) is 1. The molecule has 1 fully saturated rings. The lowest BCUT2D eigenvalue weighted by Gasteiger charge is -2.22. The molecular formula is C25H22F5N3O3S. The highest BCUT2D eigenvalue weighted by atomic mass is 32.2. The first-order valence-electron chi connectivity index (χ1n) is 11.2. The van der Waals surface area contributed by atoms with Crippen LogP contribution in [-0.2, 0) is 28.5 Å². The molecule has 4 rings (SSSR count). The van der Waals surface area contributed by atoms with Crippen molar-refractivity contribution in [2.75, 3.05) is 13.7 Å². The molecule has 1 N–H and O–H groups in total. The zero-order chi connectivity index (χ0) is 26.7. The number of carbonyl (C=O) groups excluding carboxylic acids is 1. The maximum atomic E-state index is 14.4. The summed E-state index contributed by atoms with van der Waals surface area (Å²) in [5.74, 6) is -1.85. The second-order valence-corrected chi connectivity index (χ2v) is 9.76. The molecule has 196 valence electrons. The quantitative estimate of drug-likeness (QED) is 0.436. The van der Waals surface area contributed by atoms with Crippen LogP contribution >= 0.6 is 0 Å². The lowest BCUT2D eigenvalue weighted by atomic mass is 10.0. The highest BCUT2D eigenvalue weighted by Gasteiger charge is 2.35. The van der Waals surface area contributed by atoms with Gasteiger partial charge >= 0.3 is 6.18 Å². The first-order valence-corrected chi connectivity index (χ1v) is 12.3. The molecule has 0 saturated carbocycles. The van der Waals surface area contributed by atoms with Crippen molar-refractivity contribution in [2.24, 2.45) is 0 Å². The first kappa shape index (κ1) is 26.7. The van der Waals surface area contributed by atoms with E-state index in [0.29, 0.717) is 29.8 Å². The minimum atomic E-state index is -4.67. The van der Waals surface area contributed by atoms with Crippen LogP contribution in [0, 0.1) is 11.6 Å². The third-order valence-electron chi connectivity index (χ3n) is 5.81. The van der Waals surface area contributed by atoms with Gasteiger partial charge in [0, 0.05) is 18.7 Å². The molecule has 2 atom stereocenters. The van der Waals surface area contributed by atoms with Crippen LogP contribution < -0.4 is 10.1 Å². The number of rotatable bonds is 7. The minimum Gasteiger partial charge on any atom is -0.481 e. The topological polar surface area (TPSA) is 71.5 Å². The number of amides is 1. The summed E-state index contributed by atoms with van der Waals surface area (Å²) < 4.78 is 86.1. The van der Waals surface area contributed by atoms with Crippen molar-refractivity contribution in [2.45, 2.75) is 36.5 Å². The summed E-state index contributed by atoms with van der Waals surface area (Å²) in [6.07, 6.45) is -3.57. The molecule has 2 aromatic carbocycles. The molecule has 0 bridgehead atoms. The van der Waals surface area contributed by atoms with Crippen LogP contribution in [0.1, 0.15) is 24.1 Å². The second kappa shape index (κ2) is 10.9. The molecule has 2 heterocycles. The van der Waals surface area contributed by atoms with Gasteiger partial charge in [-0.15, -0.1) is 0 Å². The van der Waals surface area contributed by atoms with E-state index in [4.69, 9.17) is 4.74 Å². The van der Waals surface area contributed by atoms with E-state index in [2.05, 4.69) is 10.3 Å². The summed E-state index contributed by atoms with van der Waals surface area (Å²) in [5.41, 5.74) is -0.410. The van der Waals surface area contributed by atoms with Crippen LogP contribution in [0.15, 0.2) is 59.5 Å². The summed E-state index contributed by atoms with van der Waals surface area (Å²) in [6.45, 7) is 0.334. The summed E-state index contributed by atoms with van der Waals surface area (Å²) in [4.78, 5) is 16.8. The van der Waals surface area contributed by atoms with Crippen LogP contribution in [-0.4, -0.2) is 39.1 Å². The number of ether oxygens (including phenoxy) is 1. The smallest absolute Gasteiger partial charge is 0.433 e. The predicted molar refractivity (Wildman–Crippen MR) is 126 cm³/mol. The second-order valence-electron chi connectivity index (χ2n) is 8.32. The predicted octanol–water partition coefficient (Wildman–Crippen LogP) is 4.86. The van der Waals surface area contributed by atoms with Crippen molar-refractivity contribution in [3.63, 3.8) is 0 Å². The number of carbonyl (C=O) groups is 1. The van der Waals surface area contributed by atoms with Gasteiger partial charge in [-0.25, -0.2) is 22.3 Å². The molecular weight excluding hydrogens is 517 g/mol. The summed E-state index contributed by atoms with van der Waals surface area (Å²) in [6, 6.07) is 10.3. The number of alkyl halides is 3. The number of nitrogens with zero attached hydrogens (tertiary/aromatic N) is 2. The minimum absolute atomic E-state index is 0.0759. The number of hydrogen-bond acceptors (Lipinski definition) is 4. The fourth-order valence-electron chi connectivity index (χ4n) is 4.08. The fraction of sp³-hybridized carbons (Fsp3) is 0.280. The van der Waals surface area contributed by atoms with Crippen molar-refractivity contribution in [3.8, 4) is 17.0 Å². The third-order valence-corrected chi connectivity index (χ3v) is 7.35. The number of hydrogen-bond donors (Lipinski definition) is 1. The summed E-state index contributed by atoms with van der Waals surface area (Å²) in [5, 5.41) is 2.71. The number of benzene rings is 2. The Labute approximate surface area is 212 Å². The van der Waals surface area contributed by atoms with Crippen molar-refractivity contribution >= 4 is 16.9 Å². The molecule has 1 saturated heterocycles. The van der Waals surface area contributed by atoms with Gasteiger partial charge in [0.25, 0.3) is 0 Å². The Morgan fingerprint density at radius 3 is 2.51 bits per heavy atom. The molecule has 1 aliphatic rings. The number of aromatic nitrogens is 1. The van der Waals surface area contributed by atoms with E-state index in [9.17, 15) is 31.0 Å². The molecule has 12 heteroatoms. The highest BCUT2D eigenvalue weighted by Crippen LogP contribution is 2.35. The van der Waals surface area contributed by atoms with Gasteiger partial charge in [0.2, 0.25) is 11.8 Å². The zero-order valence-corrected chi connectivity index (χ0v) is 20.3. The van der Waals surface area contributed by atoms with Gasteiger partial charge in [-0.3, -0.25) is 4.79 Å². The Morgan fingerprint density at radius 1 is 1.11 bits per heavy atom. The maximum absolute atomic E-state index is 14.4. The normalized spacial score (nSPS) is 17.0. The Morgan fingerprint density at radius 2 is 1.84 bits per heavy atom. The van der Waals surface area contributed by atoms with Crippen molar-refractivity contribution in [1.29, 1.82) is 0 Å². The number of methoxy groups -OCH3 is 1. The Kier molecular flexibility index (Phi) is 7.88. The fourth-order valence-corrected chi connectivity index (χ4v) is 5.44. The Balaban J connectivity index is 1.49. The molecule has 2 unspecified atom stereocenters. The Bertz CT molecular complexity index is 1320. The molecule has 6 nitrogen and oxygen atoms in total. The van der Waals surface area contributed by atoms with Crippen LogP contribution in [0.25, 0.3) is 11.1 Å². The van der Waals surface area contributed by atoms with Crippen LogP contribution in [0.4, 0.5) is 22.0 Å². The molecule has 0 spiro atoms. The van der Waals surface area contributed by atoms with Crippen molar-refractivity contribution in [3.05, 3.63) is 77.5 Å². The van der Waals surface area contributed by atoms with Crippen LogP contribution in [0.2, 0.25) is 0 Å². The number of halogens is 5. The van der Waals surface area contributed by atoms with Crippen LogP contribution in [0.3, 0.4) is 0 Å². The average molecular weight is 540 g/mol. The highest BCUT2D eigenvalue weighted by molar-refractivity contribution is 7.82. The van der Waals surface area contributed by atoms with Crippen LogP contribution in [0.5, 0.6) is 5.88 Å². The van der Waals surface area contributed by atoms with Crippen molar-refractivity contribution in [1.82, 2.24) is 14.6 Å². The van der Waals surface area contributed by atoms with Gasteiger partial charge in [-0.05, 0) is 78.6 Å². The van der Waals surface area contributed by atoms with E-state index in [1.807, 2.05) is 0 Å². The zero-order valence-electron chi connectivity index (χ0n) is 19.5. The monoisotopic (exact) mass is 539 g/mol. The average Bonchev–Trinajstić information content (AvgIpc) is 3.36. The largest absolute Gasteiger partial charge is 0.481 e. The van der Waals surface area contributed by atoms with E-state index >= 15 is 0 Å². The van der Waals surface area contributed by atoms with E-state index in [0.717, 1.165) is 25.3 Å². The van der Waals surface area contributed by atoms with Gasteiger partial charge in [0.05, 0.1) is 12.0 Å². The molecule has 37 heavy (non-hydrogen) atoms. The van der Waals surface area contributed by atoms with Gasteiger partial charge in [0.1, 0.15) is 34.4 Å². The SMILES string of the molecule is COc1nc(C(F)(F)F)ccc1-c1cc(F)cc(CNC(=O)C2CCCN2S(=O)c2ccc(F)cc2)c1. The molecule has 1 aliphatic heterocycles. The van der Waals surface area contributed by atoms with Gasteiger partial charge in [-0.2, -0.15) is 13.2 Å². The van der Waals surface area contributed by atoms with Gasteiger partial charge in [0.15, 0.2) is 0 Å².